The van der Waals surface area contributed by atoms with E-state index >= 15 is 0 Å². The molecule has 2 nitrogen and oxygen atoms in total. The minimum Gasteiger partial charge on any atom is -0.371 e. The number of rotatable bonds is 7. The maximum Gasteiger partial charge on any atom is 0.0384 e. The second-order valence-corrected chi connectivity index (χ2v) is 9.23. The minimum atomic E-state index is 0.874. The Morgan fingerprint density at radius 3 is 2.53 bits per heavy atom. The highest BCUT2D eigenvalue weighted by atomic mass is 15.1. The number of benzene rings is 2. The average molecular weight is 401 g/mol. The van der Waals surface area contributed by atoms with Crippen LogP contribution in [0.2, 0.25) is 0 Å². The number of nitrogens with one attached hydrogen (secondary N) is 1. The molecule has 1 N–H and O–H groups in total. The fourth-order valence-corrected chi connectivity index (χ4v) is 5.29. The first kappa shape index (κ1) is 20.8. The molecule has 1 heterocycles. The van der Waals surface area contributed by atoms with Crippen molar-refractivity contribution in [2.75, 3.05) is 18.4 Å². The quantitative estimate of drug-likeness (QED) is 0.536. The van der Waals surface area contributed by atoms with Gasteiger partial charge in [-0.05, 0) is 67.7 Å². The number of likely N-dealkylation sites (tertiary alicyclic amines) is 1. The van der Waals surface area contributed by atoms with Crippen molar-refractivity contribution in [1.82, 2.24) is 4.90 Å². The van der Waals surface area contributed by atoms with E-state index in [0.29, 0.717) is 0 Å². The first-order valence-corrected chi connectivity index (χ1v) is 11.6. The summed E-state index contributed by atoms with van der Waals surface area (Å²) in [7, 11) is 0. The number of aryl methyl sites for hydroxylation is 2. The molecule has 0 spiro atoms. The Hall–Kier alpha value is -2.48. The standard InChI is InChI=1S/C28H36N2/c1-21-19-27(29-22(2)13-14-24-9-5-4-6-10-24)15-16-28(21)23(3)30-18-17-25-11-7-8-12-26(25)20-30/h4-6,9-10,15-16,19,25-26,29H,2-3,7-8,11-14,17-18,20H2,1H3. The molecule has 1 saturated heterocycles. The normalized spacial score (nSPS) is 21.0. The van der Waals surface area contributed by atoms with E-state index in [1.807, 2.05) is 0 Å². The maximum atomic E-state index is 4.49. The van der Waals surface area contributed by atoms with Gasteiger partial charge in [-0.1, -0.05) is 68.8 Å². The van der Waals surface area contributed by atoms with E-state index in [1.165, 1.54) is 61.0 Å². The highest BCUT2D eigenvalue weighted by Gasteiger charge is 2.31. The van der Waals surface area contributed by atoms with Crippen LogP contribution in [-0.4, -0.2) is 18.0 Å². The second-order valence-electron chi connectivity index (χ2n) is 9.23. The second kappa shape index (κ2) is 9.55. The number of anilines is 1. The largest absolute Gasteiger partial charge is 0.371 e. The van der Waals surface area contributed by atoms with Gasteiger partial charge in [0.25, 0.3) is 0 Å². The summed E-state index contributed by atoms with van der Waals surface area (Å²) in [5.74, 6) is 1.83. The number of fused-ring (bicyclic) bond motifs is 1. The molecule has 158 valence electrons. The van der Waals surface area contributed by atoms with Gasteiger partial charge in [0, 0.05) is 35.7 Å². The number of piperidine rings is 1. The van der Waals surface area contributed by atoms with Gasteiger partial charge in [-0.3, -0.25) is 0 Å². The molecule has 2 unspecified atom stereocenters. The Labute approximate surface area is 182 Å². The van der Waals surface area contributed by atoms with Gasteiger partial charge in [0.2, 0.25) is 0 Å². The van der Waals surface area contributed by atoms with E-state index in [2.05, 4.69) is 78.8 Å². The molecule has 1 saturated carbocycles. The van der Waals surface area contributed by atoms with Crippen molar-refractivity contribution in [2.45, 2.75) is 51.9 Å². The van der Waals surface area contributed by atoms with Crippen LogP contribution in [0, 0.1) is 18.8 Å². The topological polar surface area (TPSA) is 15.3 Å². The number of hydrogen-bond acceptors (Lipinski definition) is 2. The summed E-state index contributed by atoms with van der Waals surface area (Å²) in [5, 5.41) is 3.50. The van der Waals surface area contributed by atoms with Crippen molar-refractivity contribution in [3.05, 3.63) is 84.1 Å². The van der Waals surface area contributed by atoms with E-state index in [1.54, 1.807) is 0 Å². The van der Waals surface area contributed by atoms with E-state index in [-0.39, 0.29) is 0 Å². The van der Waals surface area contributed by atoms with Crippen molar-refractivity contribution >= 4 is 11.4 Å². The molecule has 2 heteroatoms. The lowest BCUT2D eigenvalue weighted by Gasteiger charge is -2.43. The average Bonchev–Trinajstić information content (AvgIpc) is 2.78. The zero-order valence-corrected chi connectivity index (χ0v) is 18.5. The van der Waals surface area contributed by atoms with Crippen LogP contribution in [0.4, 0.5) is 5.69 Å². The molecule has 30 heavy (non-hydrogen) atoms. The van der Waals surface area contributed by atoms with Crippen LogP contribution >= 0.6 is 0 Å². The van der Waals surface area contributed by atoms with Crippen molar-refractivity contribution in [1.29, 1.82) is 0 Å². The minimum absolute atomic E-state index is 0.874. The van der Waals surface area contributed by atoms with E-state index in [0.717, 1.165) is 42.6 Å². The predicted octanol–water partition coefficient (Wildman–Crippen LogP) is 7.04. The Morgan fingerprint density at radius 2 is 1.77 bits per heavy atom. The highest BCUT2D eigenvalue weighted by molar-refractivity contribution is 5.68. The summed E-state index contributed by atoms with van der Waals surface area (Å²) in [5.41, 5.74) is 7.30. The van der Waals surface area contributed by atoms with Crippen LogP contribution < -0.4 is 5.32 Å². The molecule has 2 aliphatic rings. The summed E-state index contributed by atoms with van der Waals surface area (Å²) in [4.78, 5) is 2.54. The first-order valence-electron chi connectivity index (χ1n) is 11.6. The van der Waals surface area contributed by atoms with Crippen LogP contribution in [0.5, 0.6) is 0 Å². The summed E-state index contributed by atoms with van der Waals surface area (Å²) in [6, 6.07) is 17.2. The Balaban J connectivity index is 1.34. The Morgan fingerprint density at radius 1 is 1.00 bits per heavy atom. The zero-order valence-electron chi connectivity index (χ0n) is 18.5. The van der Waals surface area contributed by atoms with Gasteiger partial charge >= 0.3 is 0 Å². The van der Waals surface area contributed by atoms with E-state index in [9.17, 15) is 0 Å². The molecule has 2 aromatic rings. The van der Waals surface area contributed by atoms with Crippen LogP contribution in [0.1, 0.15) is 55.2 Å². The third kappa shape index (κ3) is 4.98. The molecule has 1 aliphatic carbocycles. The number of nitrogens with zero attached hydrogens (tertiary/aromatic N) is 1. The lowest BCUT2D eigenvalue weighted by atomic mass is 9.75. The molecule has 0 amide bonds. The predicted molar refractivity (Wildman–Crippen MR) is 129 cm³/mol. The first-order chi connectivity index (χ1) is 14.6. The van der Waals surface area contributed by atoms with Gasteiger partial charge in [0.05, 0.1) is 0 Å². The molecule has 0 aromatic heterocycles. The van der Waals surface area contributed by atoms with Crippen LogP contribution in [0.25, 0.3) is 5.70 Å². The van der Waals surface area contributed by atoms with Gasteiger partial charge < -0.3 is 10.2 Å². The summed E-state index contributed by atoms with van der Waals surface area (Å²) >= 11 is 0. The molecule has 2 atom stereocenters. The molecule has 0 bridgehead atoms. The highest BCUT2D eigenvalue weighted by Crippen LogP contribution is 2.38. The smallest absolute Gasteiger partial charge is 0.0384 e. The lowest BCUT2D eigenvalue weighted by Crippen LogP contribution is -2.40. The van der Waals surface area contributed by atoms with Crippen LogP contribution in [-0.2, 0) is 6.42 Å². The molecule has 2 fully saturated rings. The van der Waals surface area contributed by atoms with Gasteiger partial charge in [0.1, 0.15) is 0 Å². The third-order valence-corrected chi connectivity index (χ3v) is 7.09. The van der Waals surface area contributed by atoms with Crippen molar-refractivity contribution < 1.29 is 0 Å². The van der Waals surface area contributed by atoms with E-state index in [4.69, 9.17) is 0 Å². The van der Waals surface area contributed by atoms with Crippen LogP contribution in [0.3, 0.4) is 0 Å². The van der Waals surface area contributed by atoms with Gasteiger partial charge in [-0.25, -0.2) is 0 Å². The number of hydrogen-bond donors (Lipinski definition) is 1. The molecular weight excluding hydrogens is 364 g/mol. The summed E-state index contributed by atoms with van der Waals surface area (Å²) in [6.45, 7) is 13.3. The fourth-order valence-electron chi connectivity index (χ4n) is 5.29. The molecule has 4 rings (SSSR count). The summed E-state index contributed by atoms with van der Waals surface area (Å²) < 4.78 is 0. The van der Waals surface area contributed by atoms with Gasteiger partial charge in [0.15, 0.2) is 0 Å². The Bertz CT molecular complexity index is 883. The molecule has 0 radical (unpaired) electrons. The molecular formula is C28H36N2. The fraction of sp³-hybridized carbons (Fsp3) is 0.429. The number of allylic oxidation sites excluding steroid dienone is 1. The van der Waals surface area contributed by atoms with Crippen LogP contribution in [0.15, 0.2) is 67.4 Å². The summed E-state index contributed by atoms with van der Waals surface area (Å²) in [6.07, 6.45) is 8.98. The Kier molecular flexibility index (Phi) is 6.62. The van der Waals surface area contributed by atoms with Gasteiger partial charge in [-0.15, -0.1) is 0 Å². The van der Waals surface area contributed by atoms with E-state index < -0.39 is 0 Å². The molecule has 2 aromatic carbocycles. The van der Waals surface area contributed by atoms with Crippen molar-refractivity contribution in [3.8, 4) is 0 Å². The zero-order chi connectivity index (χ0) is 20.9. The van der Waals surface area contributed by atoms with Crippen molar-refractivity contribution in [2.24, 2.45) is 11.8 Å². The molecule has 1 aliphatic heterocycles. The lowest BCUT2D eigenvalue weighted by molar-refractivity contribution is 0.124. The maximum absolute atomic E-state index is 4.49. The van der Waals surface area contributed by atoms with Gasteiger partial charge in [-0.2, -0.15) is 0 Å². The van der Waals surface area contributed by atoms with Crippen molar-refractivity contribution in [3.63, 3.8) is 0 Å². The third-order valence-electron chi connectivity index (χ3n) is 7.09. The monoisotopic (exact) mass is 400 g/mol. The SMILES string of the molecule is C=C(CCc1ccccc1)Nc1ccc(C(=C)N2CCC3CCCCC3C2)c(C)c1.